The maximum atomic E-state index is 3.68. The summed E-state index contributed by atoms with van der Waals surface area (Å²) in [5, 5.41) is 3.68. The lowest BCUT2D eigenvalue weighted by atomic mass is 10.1. The fraction of sp³-hybridized carbons (Fsp3) is 0.400. The molecular weight excluding hydrogens is 254 g/mol. The Balaban J connectivity index is 1.55. The molecule has 0 fully saturated rings. The molecule has 0 heterocycles. The minimum atomic E-state index is 0.549. The van der Waals surface area contributed by atoms with Crippen molar-refractivity contribution < 1.29 is 0 Å². The van der Waals surface area contributed by atoms with E-state index in [1.165, 1.54) is 48.1 Å². The van der Waals surface area contributed by atoms with E-state index < -0.39 is 0 Å². The molecule has 3 rings (SSSR count). The normalized spacial score (nSPS) is 14.1. The average molecular weight is 279 g/mol. The van der Waals surface area contributed by atoms with Crippen LogP contribution >= 0.6 is 0 Å². The first kappa shape index (κ1) is 14.2. The van der Waals surface area contributed by atoms with Crippen LogP contribution in [-0.2, 0) is 19.3 Å². The number of hydrogen-bond donors (Lipinski definition) is 1. The van der Waals surface area contributed by atoms with Crippen molar-refractivity contribution in [2.75, 3.05) is 5.32 Å². The van der Waals surface area contributed by atoms with Crippen molar-refractivity contribution in [3.8, 4) is 0 Å². The zero-order valence-corrected chi connectivity index (χ0v) is 12.9. The molecule has 2 aromatic rings. The summed E-state index contributed by atoms with van der Waals surface area (Å²) in [6.45, 7) is 2.26. The van der Waals surface area contributed by atoms with Crippen molar-refractivity contribution in [1.29, 1.82) is 0 Å². The molecule has 0 aromatic heterocycles. The van der Waals surface area contributed by atoms with Gasteiger partial charge in [-0.3, -0.25) is 0 Å². The number of aryl methyl sites for hydroxylation is 1. The quantitative estimate of drug-likeness (QED) is 0.734. The van der Waals surface area contributed by atoms with Crippen LogP contribution < -0.4 is 5.32 Å². The lowest BCUT2D eigenvalue weighted by molar-refractivity contribution is 0.717. The maximum Gasteiger partial charge on any atom is 0.0342 e. The molecule has 0 saturated carbocycles. The number of rotatable bonds is 6. The smallest absolute Gasteiger partial charge is 0.0342 e. The van der Waals surface area contributed by atoms with Crippen molar-refractivity contribution in [2.24, 2.45) is 0 Å². The number of anilines is 1. The Hall–Kier alpha value is -1.76. The molecule has 1 nitrogen and oxygen atoms in total. The molecule has 0 bridgehead atoms. The second-order valence-corrected chi connectivity index (χ2v) is 6.17. The predicted molar refractivity (Wildman–Crippen MR) is 90.9 cm³/mol. The highest BCUT2D eigenvalue weighted by Crippen LogP contribution is 2.24. The molecule has 0 radical (unpaired) electrons. The van der Waals surface area contributed by atoms with E-state index in [0.717, 1.165) is 12.8 Å². The number of hydrogen-bond acceptors (Lipinski definition) is 1. The molecule has 1 N–H and O–H groups in total. The summed E-state index contributed by atoms with van der Waals surface area (Å²) >= 11 is 0. The van der Waals surface area contributed by atoms with Crippen LogP contribution in [-0.4, -0.2) is 6.04 Å². The monoisotopic (exact) mass is 279 g/mol. The summed E-state index contributed by atoms with van der Waals surface area (Å²) in [7, 11) is 0. The first-order valence-electron chi connectivity index (χ1n) is 8.27. The molecular formula is C20H25N. The van der Waals surface area contributed by atoms with Crippen LogP contribution in [0.2, 0.25) is 0 Å². The van der Waals surface area contributed by atoms with Crippen molar-refractivity contribution in [2.45, 2.75) is 51.5 Å². The van der Waals surface area contributed by atoms with Crippen LogP contribution in [0.4, 0.5) is 5.69 Å². The minimum Gasteiger partial charge on any atom is -0.382 e. The fourth-order valence-electron chi connectivity index (χ4n) is 3.24. The van der Waals surface area contributed by atoms with E-state index >= 15 is 0 Å². The first-order chi connectivity index (χ1) is 10.3. The van der Waals surface area contributed by atoms with Gasteiger partial charge in [-0.15, -0.1) is 0 Å². The van der Waals surface area contributed by atoms with Crippen LogP contribution in [0.1, 0.15) is 42.9 Å². The van der Waals surface area contributed by atoms with E-state index in [2.05, 4.69) is 60.8 Å². The highest BCUT2D eigenvalue weighted by Gasteiger charge is 2.20. The Morgan fingerprint density at radius 1 is 0.905 bits per heavy atom. The zero-order valence-electron chi connectivity index (χ0n) is 12.9. The second kappa shape index (κ2) is 6.80. The Bertz CT molecular complexity index is 546. The molecule has 1 aliphatic carbocycles. The van der Waals surface area contributed by atoms with Crippen LogP contribution in [0, 0.1) is 0 Å². The summed E-state index contributed by atoms with van der Waals surface area (Å²) in [5.74, 6) is 0. The first-order valence-corrected chi connectivity index (χ1v) is 8.27. The van der Waals surface area contributed by atoms with Crippen molar-refractivity contribution in [3.63, 3.8) is 0 Å². The Labute approximate surface area is 128 Å². The van der Waals surface area contributed by atoms with E-state index in [4.69, 9.17) is 0 Å². The lowest BCUT2D eigenvalue weighted by Crippen LogP contribution is -2.19. The van der Waals surface area contributed by atoms with Gasteiger partial charge >= 0.3 is 0 Å². The summed E-state index contributed by atoms with van der Waals surface area (Å²) in [5.41, 5.74) is 5.73. The van der Waals surface area contributed by atoms with E-state index in [9.17, 15) is 0 Å². The number of benzene rings is 2. The summed E-state index contributed by atoms with van der Waals surface area (Å²) in [6, 6.07) is 18.4. The highest BCUT2D eigenvalue weighted by molar-refractivity contribution is 5.47. The van der Waals surface area contributed by atoms with Gasteiger partial charge in [0.1, 0.15) is 0 Å². The molecule has 2 aromatic carbocycles. The SMILES string of the molecule is CCCCCc1ccc(NC2Cc3ccccc3C2)cc1. The molecule has 0 aliphatic heterocycles. The number of unbranched alkanes of at least 4 members (excludes halogenated alkanes) is 2. The van der Waals surface area contributed by atoms with Gasteiger partial charge in [0.05, 0.1) is 0 Å². The molecule has 1 heteroatoms. The molecule has 0 amide bonds. The van der Waals surface area contributed by atoms with Gasteiger partial charge in [-0.05, 0) is 54.5 Å². The van der Waals surface area contributed by atoms with Crippen molar-refractivity contribution >= 4 is 5.69 Å². The summed E-state index contributed by atoms with van der Waals surface area (Å²) < 4.78 is 0. The molecule has 0 saturated heterocycles. The van der Waals surface area contributed by atoms with Gasteiger partial charge in [0.15, 0.2) is 0 Å². The molecule has 0 spiro atoms. The highest BCUT2D eigenvalue weighted by atomic mass is 14.9. The third-order valence-electron chi connectivity index (χ3n) is 4.44. The molecule has 0 unspecified atom stereocenters. The summed E-state index contributed by atoms with van der Waals surface area (Å²) in [4.78, 5) is 0. The van der Waals surface area contributed by atoms with Crippen molar-refractivity contribution in [3.05, 3.63) is 65.2 Å². The third-order valence-corrected chi connectivity index (χ3v) is 4.44. The minimum absolute atomic E-state index is 0.549. The van der Waals surface area contributed by atoms with Gasteiger partial charge in [-0.1, -0.05) is 56.2 Å². The van der Waals surface area contributed by atoms with Gasteiger partial charge in [0.25, 0.3) is 0 Å². The summed E-state index contributed by atoms with van der Waals surface area (Å²) in [6.07, 6.45) is 7.44. The van der Waals surface area contributed by atoms with Gasteiger partial charge in [0.2, 0.25) is 0 Å². The molecule has 0 atom stereocenters. The number of fused-ring (bicyclic) bond motifs is 1. The standard InChI is InChI=1S/C20H25N/c1-2-3-4-7-16-10-12-19(13-11-16)21-20-14-17-8-5-6-9-18(17)15-20/h5-6,8-13,20-21H,2-4,7,14-15H2,1H3. The van der Waals surface area contributed by atoms with Crippen LogP contribution in [0.25, 0.3) is 0 Å². The molecule has 21 heavy (non-hydrogen) atoms. The van der Waals surface area contributed by atoms with Crippen LogP contribution in [0.15, 0.2) is 48.5 Å². The van der Waals surface area contributed by atoms with E-state index in [-0.39, 0.29) is 0 Å². The predicted octanol–water partition coefficient (Wildman–Crippen LogP) is 5.00. The second-order valence-electron chi connectivity index (χ2n) is 6.17. The van der Waals surface area contributed by atoms with Gasteiger partial charge < -0.3 is 5.32 Å². The average Bonchev–Trinajstić information content (AvgIpc) is 2.91. The van der Waals surface area contributed by atoms with Gasteiger partial charge in [0, 0.05) is 11.7 Å². The third kappa shape index (κ3) is 3.66. The van der Waals surface area contributed by atoms with Crippen molar-refractivity contribution in [1.82, 2.24) is 0 Å². The van der Waals surface area contributed by atoms with E-state index in [1.807, 2.05) is 0 Å². The van der Waals surface area contributed by atoms with Crippen LogP contribution in [0.3, 0.4) is 0 Å². The fourth-order valence-corrected chi connectivity index (χ4v) is 3.24. The lowest BCUT2D eigenvalue weighted by Gasteiger charge is -2.14. The Morgan fingerprint density at radius 3 is 2.19 bits per heavy atom. The van der Waals surface area contributed by atoms with E-state index in [1.54, 1.807) is 0 Å². The zero-order chi connectivity index (χ0) is 14.5. The largest absolute Gasteiger partial charge is 0.382 e. The topological polar surface area (TPSA) is 12.0 Å². The van der Waals surface area contributed by atoms with E-state index in [0.29, 0.717) is 6.04 Å². The molecule has 1 aliphatic rings. The maximum absolute atomic E-state index is 3.68. The number of nitrogens with one attached hydrogen (secondary N) is 1. The Kier molecular flexibility index (Phi) is 4.59. The molecule has 110 valence electrons. The Morgan fingerprint density at radius 2 is 1.57 bits per heavy atom. The van der Waals surface area contributed by atoms with Gasteiger partial charge in [-0.25, -0.2) is 0 Å². The van der Waals surface area contributed by atoms with Gasteiger partial charge in [-0.2, -0.15) is 0 Å². The van der Waals surface area contributed by atoms with Crippen LogP contribution in [0.5, 0.6) is 0 Å².